The van der Waals surface area contributed by atoms with E-state index in [0.29, 0.717) is 5.69 Å². The Kier molecular flexibility index (Phi) is 6.12. The van der Waals surface area contributed by atoms with Gasteiger partial charge in [0.15, 0.2) is 0 Å². The molecule has 28 heavy (non-hydrogen) atoms. The number of nitrogens with zero attached hydrogens (tertiary/aromatic N) is 2. The fraction of sp³-hybridized carbons (Fsp3) is 0.435. The van der Waals surface area contributed by atoms with E-state index in [0.717, 1.165) is 42.7 Å². The predicted molar refractivity (Wildman–Crippen MR) is 112 cm³/mol. The minimum absolute atomic E-state index is 0.0994. The van der Waals surface area contributed by atoms with E-state index in [-0.39, 0.29) is 29.3 Å². The topological polar surface area (TPSA) is 62.3 Å². The first-order valence-electron chi connectivity index (χ1n) is 10.1. The van der Waals surface area contributed by atoms with Crippen LogP contribution in [0.15, 0.2) is 36.4 Å². The van der Waals surface area contributed by atoms with Gasteiger partial charge in [-0.05, 0) is 47.9 Å². The lowest BCUT2D eigenvalue weighted by Gasteiger charge is -2.20. The molecule has 5 heteroatoms. The summed E-state index contributed by atoms with van der Waals surface area (Å²) in [7, 11) is 0. The normalized spacial score (nSPS) is 14.0. The zero-order valence-electron chi connectivity index (χ0n) is 17.2. The Morgan fingerprint density at radius 1 is 0.893 bits per heavy atom. The van der Waals surface area contributed by atoms with Crippen molar-refractivity contribution in [3.63, 3.8) is 0 Å². The van der Waals surface area contributed by atoms with Crippen LogP contribution in [0.1, 0.15) is 84.5 Å². The smallest absolute Gasteiger partial charge is 0.274 e. The van der Waals surface area contributed by atoms with E-state index in [9.17, 15) is 9.59 Å². The number of likely N-dealkylation sites (tertiary alicyclic amines) is 1. The van der Waals surface area contributed by atoms with Crippen LogP contribution in [0.25, 0.3) is 0 Å². The van der Waals surface area contributed by atoms with Crippen LogP contribution < -0.4 is 5.32 Å². The average molecular weight is 380 g/mol. The number of carbonyl (C=O) groups is 2. The molecule has 148 valence electrons. The molecule has 0 bridgehead atoms. The second-order valence-corrected chi connectivity index (χ2v) is 7.98. The summed E-state index contributed by atoms with van der Waals surface area (Å²) in [5.41, 5.74) is 3.65. The molecule has 2 aromatic rings. The van der Waals surface area contributed by atoms with Crippen molar-refractivity contribution in [2.24, 2.45) is 0 Å². The van der Waals surface area contributed by atoms with Crippen molar-refractivity contribution >= 4 is 17.5 Å². The van der Waals surface area contributed by atoms with Gasteiger partial charge in [-0.1, -0.05) is 52.0 Å². The number of pyridine rings is 1. The standard InChI is InChI=1S/C23H29N3O2/c1-15(2)17-9-7-10-18(16(3)4)21(17)25-22(27)19-11-8-12-20(24-19)23(28)26-13-5-6-14-26/h7-12,15-16H,5-6,13-14H2,1-4H3,(H,25,27). The SMILES string of the molecule is CC(C)c1cccc(C(C)C)c1NC(=O)c1cccc(C(=O)N2CCCC2)n1. The van der Waals surface area contributed by atoms with Crippen LogP contribution in [-0.2, 0) is 0 Å². The number of aromatic nitrogens is 1. The van der Waals surface area contributed by atoms with Gasteiger partial charge in [-0.3, -0.25) is 9.59 Å². The van der Waals surface area contributed by atoms with Gasteiger partial charge in [-0.15, -0.1) is 0 Å². The monoisotopic (exact) mass is 379 g/mol. The number of amides is 2. The summed E-state index contributed by atoms with van der Waals surface area (Å²) in [6.45, 7) is 9.98. The van der Waals surface area contributed by atoms with E-state index < -0.39 is 0 Å². The van der Waals surface area contributed by atoms with Crippen LogP contribution in [0, 0.1) is 0 Å². The maximum atomic E-state index is 13.0. The van der Waals surface area contributed by atoms with E-state index in [1.54, 1.807) is 23.1 Å². The van der Waals surface area contributed by atoms with Crippen molar-refractivity contribution in [3.8, 4) is 0 Å². The van der Waals surface area contributed by atoms with Gasteiger partial charge in [-0.2, -0.15) is 0 Å². The molecular formula is C23H29N3O2. The fourth-order valence-electron chi connectivity index (χ4n) is 3.64. The molecule has 0 saturated carbocycles. The Morgan fingerprint density at radius 2 is 1.43 bits per heavy atom. The van der Waals surface area contributed by atoms with Crippen molar-refractivity contribution in [1.29, 1.82) is 0 Å². The number of para-hydroxylation sites is 1. The van der Waals surface area contributed by atoms with Crippen LogP contribution in [0.2, 0.25) is 0 Å². The van der Waals surface area contributed by atoms with E-state index in [4.69, 9.17) is 0 Å². The van der Waals surface area contributed by atoms with Crippen LogP contribution in [0.4, 0.5) is 5.69 Å². The summed E-state index contributed by atoms with van der Waals surface area (Å²) in [6.07, 6.45) is 2.05. The third-order valence-electron chi connectivity index (χ3n) is 5.21. The zero-order chi connectivity index (χ0) is 20.3. The molecule has 1 aromatic heterocycles. The van der Waals surface area contributed by atoms with Gasteiger partial charge in [0.2, 0.25) is 0 Å². The second-order valence-electron chi connectivity index (χ2n) is 7.98. The Morgan fingerprint density at radius 3 is 2.00 bits per heavy atom. The highest BCUT2D eigenvalue weighted by molar-refractivity contribution is 6.04. The largest absolute Gasteiger partial charge is 0.337 e. The Hall–Kier alpha value is -2.69. The third-order valence-corrected chi connectivity index (χ3v) is 5.21. The van der Waals surface area contributed by atoms with Crippen LogP contribution in [0.3, 0.4) is 0 Å². The molecule has 1 N–H and O–H groups in total. The van der Waals surface area contributed by atoms with Gasteiger partial charge in [0.1, 0.15) is 11.4 Å². The van der Waals surface area contributed by atoms with Crippen molar-refractivity contribution < 1.29 is 9.59 Å². The predicted octanol–water partition coefficient (Wildman–Crippen LogP) is 4.82. The Balaban J connectivity index is 1.88. The lowest BCUT2D eigenvalue weighted by atomic mass is 9.92. The van der Waals surface area contributed by atoms with Crippen LogP contribution >= 0.6 is 0 Å². The fourth-order valence-corrected chi connectivity index (χ4v) is 3.64. The minimum Gasteiger partial charge on any atom is -0.337 e. The first-order chi connectivity index (χ1) is 13.4. The van der Waals surface area contributed by atoms with Gasteiger partial charge >= 0.3 is 0 Å². The molecule has 1 saturated heterocycles. The number of carbonyl (C=O) groups excluding carboxylic acids is 2. The Labute approximate surface area is 167 Å². The van der Waals surface area contributed by atoms with Crippen molar-refractivity contribution in [2.45, 2.75) is 52.4 Å². The lowest BCUT2D eigenvalue weighted by Crippen LogP contribution is -2.29. The molecule has 1 aliphatic heterocycles. The quantitative estimate of drug-likeness (QED) is 0.810. The molecule has 1 fully saturated rings. The highest BCUT2D eigenvalue weighted by Gasteiger charge is 2.22. The minimum atomic E-state index is -0.286. The van der Waals surface area contributed by atoms with Crippen LogP contribution in [-0.4, -0.2) is 34.8 Å². The molecule has 0 aliphatic carbocycles. The molecule has 5 nitrogen and oxygen atoms in total. The van der Waals surface area contributed by atoms with Crippen molar-refractivity contribution in [1.82, 2.24) is 9.88 Å². The molecule has 2 amide bonds. The van der Waals surface area contributed by atoms with E-state index in [1.165, 1.54) is 0 Å². The maximum Gasteiger partial charge on any atom is 0.274 e. The first kappa shape index (κ1) is 20.1. The summed E-state index contributed by atoms with van der Waals surface area (Å²) in [4.78, 5) is 31.7. The van der Waals surface area contributed by atoms with Gasteiger partial charge in [0, 0.05) is 18.8 Å². The number of nitrogens with one attached hydrogen (secondary N) is 1. The number of benzene rings is 1. The van der Waals surface area contributed by atoms with Crippen LogP contribution in [0.5, 0.6) is 0 Å². The number of anilines is 1. The maximum absolute atomic E-state index is 13.0. The summed E-state index contributed by atoms with van der Waals surface area (Å²) in [5, 5.41) is 3.07. The summed E-state index contributed by atoms with van der Waals surface area (Å²) in [6, 6.07) is 11.2. The van der Waals surface area contributed by atoms with Crippen molar-refractivity contribution in [3.05, 3.63) is 58.9 Å². The Bertz CT molecular complexity index is 842. The van der Waals surface area contributed by atoms with Gasteiger partial charge in [-0.25, -0.2) is 4.98 Å². The van der Waals surface area contributed by atoms with Gasteiger partial charge in [0.05, 0.1) is 0 Å². The molecular weight excluding hydrogens is 350 g/mol. The molecule has 0 unspecified atom stereocenters. The second kappa shape index (κ2) is 8.55. The van der Waals surface area contributed by atoms with Gasteiger partial charge < -0.3 is 10.2 Å². The molecule has 1 aromatic carbocycles. The summed E-state index contributed by atoms with van der Waals surface area (Å²) < 4.78 is 0. The molecule has 1 aliphatic rings. The number of hydrogen-bond acceptors (Lipinski definition) is 3. The number of hydrogen-bond donors (Lipinski definition) is 1. The van der Waals surface area contributed by atoms with Gasteiger partial charge in [0.25, 0.3) is 11.8 Å². The molecule has 0 radical (unpaired) electrons. The highest BCUT2D eigenvalue weighted by atomic mass is 16.2. The number of rotatable bonds is 5. The molecule has 3 rings (SSSR count). The third kappa shape index (κ3) is 4.24. The summed E-state index contributed by atoms with van der Waals surface area (Å²) >= 11 is 0. The molecule has 2 heterocycles. The molecule has 0 atom stereocenters. The summed E-state index contributed by atoms with van der Waals surface area (Å²) in [5.74, 6) is 0.179. The van der Waals surface area contributed by atoms with Crippen molar-refractivity contribution in [2.75, 3.05) is 18.4 Å². The van der Waals surface area contributed by atoms with E-state index in [2.05, 4.69) is 38.0 Å². The lowest BCUT2D eigenvalue weighted by molar-refractivity contribution is 0.0787. The zero-order valence-corrected chi connectivity index (χ0v) is 17.2. The van der Waals surface area contributed by atoms with E-state index >= 15 is 0 Å². The average Bonchev–Trinajstić information content (AvgIpc) is 3.22. The highest BCUT2D eigenvalue weighted by Crippen LogP contribution is 2.32. The molecule has 0 spiro atoms. The van der Waals surface area contributed by atoms with E-state index in [1.807, 2.05) is 18.2 Å². The first-order valence-corrected chi connectivity index (χ1v) is 10.1.